The highest BCUT2D eigenvalue weighted by molar-refractivity contribution is 7.71. The molecule has 0 spiro atoms. The summed E-state index contributed by atoms with van der Waals surface area (Å²) in [6.07, 6.45) is 7.28. The zero-order chi connectivity index (χ0) is 15.5. The molecule has 1 aliphatic carbocycles. The molecular weight excluding hydrogens is 300 g/mol. The molecule has 1 aromatic heterocycles. The second-order valence-electron chi connectivity index (χ2n) is 6.04. The van der Waals surface area contributed by atoms with Gasteiger partial charge in [0.25, 0.3) is 5.56 Å². The van der Waals surface area contributed by atoms with Gasteiger partial charge in [0.15, 0.2) is 4.77 Å². The van der Waals surface area contributed by atoms with E-state index in [2.05, 4.69) is 14.9 Å². The molecule has 0 radical (unpaired) electrons. The monoisotopic (exact) mass is 322 g/mol. The predicted molar refractivity (Wildman–Crippen MR) is 88.6 cm³/mol. The lowest BCUT2D eigenvalue weighted by atomic mass is 10.1. The Morgan fingerprint density at radius 2 is 2.05 bits per heavy atom. The molecule has 7 heteroatoms. The van der Waals surface area contributed by atoms with Crippen molar-refractivity contribution in [2.75, 3.05) is 26.2 Å². The number of hydrogen-bond donors (Lipinski definition) is 2. The second kappa shape index (κ2) is 6.75. The Bertz CT molecular complexity index is 669. The number of aromatic amines is 1. The zero-order valence-corrected chi connectivity index (χ0v) is 13.4. The molecule has 1 saturated heterocycles. The maximum atomic E-state index is 12.0. The van der Waals surface area contributed by atoms with E-state index in [4.69, 9.17) is 12.2 Å². The first-order valence-corrected chi connectivity index (χ1v) is 8.37. The number of likely N-dealkylation sites (tertiary alicyclic amines) is 1. The second-order valence-corrected chi connectivity index (χ2v) is 6.42. The summed E-state index contributed by atoms with van der Waals surface area (Å²) in [6.45, 7) is 3.80. The van der Waals surface area contributed by atoms with Crippen LogP contribution in [0.15, 0.2) is 9.79 Å². The average molecular weight is 322 g/mol. The van der Waals surface area contributed by atoms with Gasteiger partial charge in [-0.1, -0.05) is 6.42 Å². The van der Waals surface area contributed by atoms with Gasteiger partial charge in [-0.25, -0.2) is 0 Å². The number of nitrogens with one attached hydrogen (secondary N) is 1. The van der Waals surface area contributed by atoms with Gasteiger partial charge in [-0.2, -0.15) is 0 Å². The number of H-pyrrole nitrogens is 1. The normalized spacial score (nSPS) is 19.8. The summed E-state index contributed by atoms with van der Waals surface area (Å²) in [4.78, 5) is 21.3. The number of aliphatic imine (C=N–C) groups is 1. The molecule has 1 saturated carbocycles. The van der Waals surface area contributed by atoms with E-state index in [0.29, 0.717) is 6.54 Å². The molecule has 0 unspecified atom stereocenters. The summed E-state index contributed by atoms with van der Waals surface area (Å²) in [5, 5.41) is 10.3. The van der Waals surface area contributed by atoms with Gasteiger partial charge in [0.2, 0.25) is 5.88 Å². The molecule has 0 amide bonds. The third-order valence-electron chi connectivity index (χ3n) is 4.28. The van der Waals surface area contributed by atoms with Crippen LogP contribution in [0, 0.1) is 4.77 Å². The number of hydrogen-bond acceptors (Lipinski definition) is 5. The highest BCUT2D eigenvalue weighted by Crippen LogP contribution is 2.37. The van der Waals surface area contributed by atoms with Crippen LogP contribution in [0.1, 0.15) is 43.7 Å². The molecule has 0 atom stereocenters. The lowest BCUT2D eigenvalue weighted by molar-refractivity contribution is 0.235. The van der Waals surface area contributed by atoms with E-state index in [1.54, 1.807) is 4.57 Å². The molecule has 120 valence electrons. The molecule has 2 heterocycles. The maximum Gasteiger partial charge on any atom is 0.264 e. The summed E-state index contributed by atoms with van der Waals surface area (Å²) in [6, 6.07) is 0.213. The van der Waals surface area contributed by atoms with Crippen LogP contribution in [0.2, 0.25) is 0 Å². The third-order valence-corrected chi connectivity index (χ3v) is 4.58. The molecular formula is C15H22N4O2S. The zero-order valence-electron chi connectivity index (χ0n) is 12.6. The summed E-state index contributed by atoms with van der Waals surface area (Å²) in [7, 11) is 0. The summed E-state index contributed by atoms with van der Waals surface area (Å²) < 4.78 is 1.92. The van der Waals surface area contributed by atoms with Crippen LogP contribution in [-0.2, 0) is 0 Å². The summed E-state index contributed by atoms with van der Waals surface area (Å²) in [5.41, 5.74) is -0.166. The fourth-order valence-corrected chi connectivity index (χ4v) is 3.21. The van der Waals surface area contributed by atoms with Crippen LogP contribution in [0.25, 0.3) is 0 Å². The quantitative estimate of drug-likeness (QED) is 0.641. The Morgan fingerprint density at radius 1 is 1.32 bits per heavy atom. The lowest BCUT2D eigenvalue weighted by Gasteiger charge is -2.25. The summed E-state index contributed by atoms with van der Waals surface area (Å²) in [5.74, 6) is -0.0574. The number of nitrogens with zero attached hydrogens (tertiary/aromatic N) is 3. The van der Waals surface area contributed by atoms with Crippen LogP contribution in [-0.4, -0.2) is 52.0 Å². The fourth-order valence-electron chi connectivity index (χ4n) is 2.88. The van der Waals surface area contributed by atoms with Crippen LogP contribution in [0.5, 0.6) is 5.88 Å². The highest BCUT2D eigenvalue weighted by Gasteiger charge is 2.27. The van der Waals surface area contributed by atoms with Crippen molar-refractivity contribution in [2.45, 2.75) is 38.1 Å². The number of aromatic nitrogens is 2. The van der Waals surface area contributed by atoms with E-state index in [1.165, 1.54) is 25.5 Å². The Balaban J connectivity index is 1.69. The molecule has 2 fully saturated rings. The van der Waals surface area contributed by atoms with Gasteiger partial charge in [-0.05, 0) is 51.0 Å². The number of piperidine rings is 1. The first-order chi connectivity index (χ1) is 10.7. The SMILES string of the molecule is O=c1[nH]c(=S)n(C2CC2)c(O)c1C=NCCN1CCCCC1. The summed E-state index contributed by atoms with van der Waals surface area (Å²) >= 11 is 5.12. The van der Waals surface area contributed by atoms with Gasteiger partial charge >= 0.3 is 0 Å². The predicted octanol–water partition coefficient (Wildman–Crippen LogP) is 1.85. The Morgan fingerprint density at radius 3 is 2.73 bits per heavy atom. The van der Waals surface area contributed by atoms with Gasteiger partial charge in [0.05, 0.1) is 6.54 Å². The van der Waals surface area contributed by atoms with Crippen molar-refractivity contribution in [2.24, 2.45) is 4.99 Å². The average Bonchev–Trinajstić information content (AvgIpc) is 3.32. The highest BCUT2D eigenvalue weighted by atomic mass is 32.1. The van der Waals surface area contributed by atoms with Gasteiger partial charge in [-0.15, -0.1) is 0 Å². The van der Waals surface area contributed by atoms with Crippen molar-refractivity contribution in [1.82, 2.24) is 14.5 Å². The van der Waals surface area contributed by atoms with Crippen LogP contribution in [0.4, 0.5) is 0 Å². The minimum absolute atomic E-state index is 0.0574. The van der Waals surface area contributed by atoms with Crippen molar-refractivity contribution in [1.29, 1.82) is 0 Å². The smallest absolute Gasteiger partial charge is 0.264 e. The fraction of sp³-hybridized carbons (Fsp3) is 0.667. The topological polar surface area (TPSA) is 73.6 Å². The first kappa shape index (κ1) is 15.4. The van der Waals surface area contributed by atoms with E-state index in [0.717, 1.165) is 32.5 Å². The van der Waals surface area contributed by atoms with Crippen LogP contribution < -0.4 is 5.56 Å². The Hall–Kier alpha value is -1.47. The van der Waals surface area contributed by atoms with Gasteiger partial charge in [0.1, 0.15) is 5.56 Å². The number of aromatic hydroxyl groups is 1. The third kappa shape index (κ3) is 3.47. The Labute approximate surface area is 134 Å². The molecule has 3 rings (SSSR count). The van der Waals surface area contributed by atoms with Crippen molar-refractivity contribution in [3.8, 4) is 5.88 Å². The standard InChI is InChI=1S/C15H22N4O2S/c20-13-12(10-16-6-9-18-7-2-1-3-8-18)14(21)19(11-4-5-11)15(22)17-13/h10-11,21H,1-9H2,(H,17,20,22). The van der Waals surface area contributed by atoms with Crippen LogP contribution in [0.3, 0.4) is 0 Å². The molecule has 0 bridgehead atoms. The molecule has 6 nitrogen and oxygen atoms in total. The molecule has 1 aliphatic heterocycles. The van der Waals surface area contributed by atoms with Gasteiger partial charge < -0.3 is 10.0 Å². The van der Waals surface area contributed by atoms with E-state index in [-0.39, 0.29) is 27.8 Å². The molecule has 0 aromatic carbocycles. The van der Waals surface area contributed by atoms with E-state index in [1.807, 2.05) is 0 Å². The van der Waals surface area contributed by atoms with E-state index >= 15 is 0 Å². The molecule has 22 heavy (non-hydrogen) atoms. The lowest BCUT2D eigenvalue weighted by Crippen LogP contribution is -2.31. The first-order valence-electron chi connectivity index (χ1n) is 7.97. The van der Waals surface area contributed by atoms with Crippen molar-refractivity contribution < 1.29 is 5.11 Å². The Kier molecular flexibility index (Phi) is 4.73. The molecule has 2 aliphatic rings. The van der Waals surface area contributed by atoms with Crippen molar-refractivity contribution in [3.63, 3.8) is 0 Å². The van der Waals surface area contributed by atoms with Crippen molar-refractivity contribution >= 4 is 18.4 Å². The van der Waals surface area contributed by atoms with Gasteiger partial charge in [-0.3, -0.25) is 19.3 Å². The van der Waals surface area contributed by atoms with E-state index in [9.17, 15) is 9.90 Å². The maximum absolute atomic E-state index is 12.0. The van der Waals surface area contributed by atoms with Crippen LogP contribution >= 0.6 is 12.2 Å². The van der Waals surface area contributed by atoms with E-state index < -0.39 is 0 Å². The van der Waals surface area contributed by atoms with Gasteiger partial charge in [0, 0.05) is 18.8 Å². The minimum Gasteiger partial charge on any atom is -0.494 e. The molecule has 2 N–H and O–H groups in total. The molecule has 1 aromatic rings. The largest absolute Gasteiger partial charge is 0.494 e. The number of rotatable bonds is 5. The van der Waals surface area contributed by atoms with Crippen molar-refractivity contribution in [3.05, 3.63) is 20.7 Å². The minimum atomic E-state index is -0.374.